The van der Waals surface area contributed by atoms with Gasteiger partial charge in [0.2, 0.25) is 11.0 Å². The van der Waals surface area contributed by atoms with Crippen molar-refractivity contribution in [3.8, 4) is 0 Å². The molecular weight excluding hydrogens is 354 g/mol. The van der Waals surface area contributed by atoms with E-state index in [-0.39, 0.29) is 10.8 Å². The molecule has 1 amide bonds. The first kappa shape index (κ1) is 16.2. The highest BCUT2D eigenvalue weighted by Gasteiger charge is 2.10. The summed E-state index contributed by atoms with van der Waals surface area (Å²) in [5.41, 5.74) is 0.931. The van der Waals surface area contributed by atoms with Gasteiger partial charge >= 0.3 is 0 Å². The summed E-state index contributed by atoms with van der Waals surface area (Å²) in [6.07, 6.45) is 0. The first-order chi connectivity index (χ1) is 9.84. The molecular formula is C11H10ClN3O3S3. The SMILES string of the molecule is CC(=O)Nc1nnc(SCc2ccc(S(=O)(=O)Cl)cc2)s1. The Hall–Kier alpha value is -1.16. The molecule has 0 radical (unpaired) electrons. The summed E-state index contributed by atoms with van der Waals surface area (Å²) in [6, 6.07) is 6.30. The van der Waals surface area contributed by atoms with Gasteiger partial charge in [-0.05, 0) is 17.7 Å². The number of amides is 1. The zero-order chi connectivity index (χ0) is 15.5. The Kier molecular flexibility index (Phi) is 5.20. The number of hydrogen-bond acceptors (Lipinski definition) is 7. The van der Waals surface area contributed by atoms with E-state index in [1.54, 1.807) is 12.1 Å². The molecule has 2 aromatic rings. The molecule has 0 aliphatic heterocycles. The predicted molar refractivity (Wildman–Crippen MR) is 83.3 cm³/mol. The number of aromatic nitrogens is 2. The second kappa shape index (κ2) is 6.73. The lowest BCUT2D eigenvalue weighted by molar-refractivity contribution is -0.114. The van der Waals surface area contributed by atoms with Crippen LogP contribution in [0.25, 0.3) is 0 Å². The molecule has 21 heavy (non-hydrogen) atoms. The Morgan fingerprint density at radius 2 is 2.00 bits per heavy atom. The number of halogens is 1. The topological polar surface area (TPSA) is 89.0 Å². The minimum absolute atomic E-state index is 0.0711. The van der Waals surface area contributed by atoms with Gasteiger partial charge in [0, 0.05) is 23.4 Å². The molecule has 10 heteroatoms. The Bertz CT molecular complexity index is 744. The van der Waals surface area contributed by atoms with Crippen LogP contribution in [0.2, 0.25) is 0 Å². The van der Waals surface area contributed by atoms with E-state index in [4.69, 9.17) is 10.7 Å². The van der Waals surface area contributed by atoms with Gasteiger partial charge in [-0.1, -0.05) is 35.2 Å². The minimum atomic E-state index is -3.69. The van der Waals surface area contributed by atoms with Crippen molar-refractivity contribution < 1.29 is 13.2 Å². The number of benzene rings is 1. The maximum atomic E-state index is 11.1. The fourth-order valence-electron chi connectivity index (χ4n) is 1.36. The minimum Gasteiger partial charge on any atom is -0.301 e. The van der Waals surface area contributed by atoms with Gasteiger partial charge in [-0.25, -0.2) is 8.42 Å². The molecule has 0 fully saturated rings. The van der Waals surface area contributed by atoms with Crippen molar-refractivity contribution >= 4 is 53.9 Å². The average molecular weight is 364 g/mol. The van der Waals surface area contributed by atoms with Crippen LogP contribution in [-0.4, -0.2) is 24.5 Å². The second-order valence-corrected chi connectivity index (χ2v) is 8.69. The van der Waals surface area contributed by atoms with Crippen LogP contribution in [0.1, 0.15) is 12.5 Å². The van der Waals surface area contributed by atoms with E-state index in [2.05, 4.69) is 15.5 Å². The number of thioether (sulfide) groups is 1. The summed E-state index contributed by atoms with van der Waals surface area (Å²) in [4.78, 5) is 10.9. The summed E-state index contributed by atoms with van der Waals surface area (Å²) in [5, 5.41) is 10.8. The van der Waals surface area contributed by atoms with Crippen molar-refractivity contribution in [3.05, 3.63) is 29.8 Å². The highest BCUT2D eigenvalue weighted by Crippen LogP contribution is 2.28. The van der Waals surface area contributed by atoms with E-state index < -0.39 is 9.05 Å². The Balaban J connectivity index is 1.97. The highest BCUT2D eigenvalue weighted by atomic mass is 35.7. The van der Waals surface area contributed by atoms with Crippen LogP contribution in [0.15, 0.2) is 33.5 Å². The van der Waals surface area contributed by atoms with Gasteiger partial charge in [-0.3, -0.25) is 4.79 Å². The first-order valence-corrected chi connectivity index (χ1v) is 9.73. The van der Waals surface area contributed by atoms with Gasteiger partial charge in [-0.15, -0.1) is 10.2 Å². The van der Waals surface area contributed by atoms with Crippen molar-refractivity contribution in [1.82, 2.24) is 10.2 Å². The summed E-state index contributed by atoms with van der Waals surface area (Å²) < 4.78 is 23.0. The number of carbonyl (C=O) groups is 1. The van der Waals surface area contributed by atoms with Crippen LogP contribution in [-0.2, 0) is 19.6 Å². The molecule has 0 aliphatic carbocycles. The van der Waals surface area contributed by atoms with Gasteiger partial charge in [-0.2, -0.15) is 0 Å². The van der Waals surface area contributed by atoms with Gasteiger partial charge in [0.05, 0.1) is 4.90 Å². The van der Waals surface area contributed by atoms with E-state index >= 15 is 0 Å². The fraction of sp³-hybridized carbons (Fsp3) is 0.182. The quantitative estimate of drug-likeness (QED) is 0.499. The Morgan fingerprint density at radius 3 is 2.57 bits per heavy atom. The van der Waals surface area contributed by atoms with E-state index in [1.807, 2.05) is 0 Å². The zero-order valence-corrected chi connectivity index (χ0v) is 13.9. The van der Waals surface area contributed by atoms with Crippen LogP contribution in [0.4, 0.5) is 5.13 Å². The van der Waals surface area contributed by atoms with Crippen molar-refractivity contribution in [3.63, 3.8) is 0 Å². The molecule has 6 nitrogen and oxygen atoms in total. The smallest absolute Gasteiger partial charge is 0.261 e. The lowest BCUT2D eigenvalue weighted by Gasteiger charge is -2.00. The van der Waals surface area contributed by atoms with Crippen molar-refractivity contribution in [1.29, 1.82) is 0 Å². The first-order valence-electron chi connectivity index (χ1n) is 5.62. The molecule has 0 aliphatic rings. The molecule has 0 atom stereocenters. The Morgan fingerprint density at radius 1 is 1.33 bits per heavy atom. The van der Waals surface area contributed by atoms with E-state index in [9.17, 15) is 13.2 Å². The number of nitrogens with one attached hydrogen (secondary N) is 1. The standard InChI is InChI=1S/C11H10ClN3O3S3/c1-7(16)13-10-14-15-11(20-10)19-6-8-2-4-9(5-3-8)21(12,17)18/h2-5H,6H2,1H3,(H,13,14,16). The van der Waals surface area contributed by atoms with Crippen LogP contribution < -0.4 is 5.32 Å². The molecule has 1 aromatic carbocycles. The number of hydrogen-bond donors (Lipinski definition) is 1. The van der Waals surface area contributed by atoms with Gasteiger partial charge < -0.3 is 5.32 Å². The monoisotopic (exact) mass is 363 g/mol. The molecule has 1 aromatic heterocycles. The highest BCUT2D eigenvalue weighted by molar-refractivity contribution is 8.13. The Labute approximate surface area is 134 Å². The lowest BCUT2D eigenvalue weighted by atomic mass is 10.2. The molecule has 0 bridgehead atoms. The van der Waals surface area contributed by atoms with Crippen LogP contribution in [0.3, 0.4) is 0 Å². The lowest BCUT2D eigenvalue weighted by Crippen LogP contribution is -2.04. The molecule has 112 valence electrons. The number of rotatable bonds is 5. The van der Waals surface area contributed by atoms with Gasteiger partial charge in [0.25, 0.3) is 9.05 Å². The normalized spacial score (nSPS) is 11.3. The van der Waals surface area contributed by atoms with Crippen LogP contribution >= 0.6 is 33.8 Å². The predicted octanol–water partition coefficient (Wildman–Crippen LogP) is 2.72. The van der Waals surface area contributed by atoms with Crippen molar-refractivity contribution in [2.75, 3.05) is 5.32 Å². The fourth-order valence-corrected chi connectivity index (χ4v) is 3.89. The van der Waals surface area contributed by atoms with Crippen LogP contribution in [0.5, 0.6) is 0 Å². The molecule has 2 rings (SSSR count). The van der Waals surface area contributed by atoms with E-state index in [1.165, 1.54) is 42.2 Å². The third kappa shape index (κ3) is 4.95. The second-order valence-electron chi connectivity index (χ2n) is 3.92. The maximum absolute atomic E-state index is 11.1. The molecule has 0 unspecified atom stereocenters. The summed E-state index contributed by atoms with van der Waals surface area (Å²) in [6.45, 7) is 1.40. The van der Waals surface area contributed by atoms with Gasteiger partial charge in [0.1, 0.15) is 0 Å². The number of carbonyl (C=O) groups excluding carboxylic acids is 1. The summed E-state index contributed by atoms with van der Waals surface area (Å²) in [7, 11) is 1.55. The van der Waals surface area contributed by atoms with Gasteiger partial charge in [0.15, 0.2) is 4.34 Å². The number of anilines is 1. The summed E-state index contributed by atoms with van der Waals surface area (Å²) in [5.74, 6) is 0.415. The van der Waals surface area contributed by atoms with E-state index in [0.29, 0.717) is 15.2 Å². The van der Waals surface area contributed by atoms with Crippen LogP contribution in [0, 0.1) is 0 Å². The molecule has 1 N–H and O–H groups in total. The van der Waals surface area contributed by atoms with Crippen molar-refractivity contribution in [2.45, 2.75) is 21.9 Å². The molecule has 0 saturated carbocycles. The maximum Gasteiger partial charge on any atom is 0.261 e. The molecule has 1 heterocycles. The van der Waals surface area contributed by atoms with E-state index in [0.717, 1.165) is 5.56 Å². The third-order valence-corrected chi connectivity index (χ3v) is 5.67. The van der Waals surface area contributed by atoms with Crippen molar-refractivity contribution in [2.24, 2.45) is 0 Å². The third-order valence-electron chi connectivity index (χ3n) is 2.26. The zero-order valence-electron chi connectivity index (χ0n) is 10.7. The summed E-state index contributed by atoms with van der Waals surface area (Å²) >= 11 is 2.73. The largest absolute Gasteiger partial charge is 0.301 e. The average Bonchev–Trinajstić information content (AvgIpc) is 2.82. The molecule has 0 spiro atoms. The number of nitrogens with zero attached hydrogens (tertiary/aromatic N) is 2. The molecule has 0 saturated heterocycles.